The number of benzene rings is 1. The SMILES string of the molecule is CC1CCC2(C(=O)O)CCC3(C)C(=CCC4C5(C)CCC(OC(=O)C=Cc6cc(O)cc(O)c6)C(C)(C)C5CCC43C)C2C1C. The Morgan fingerprint density at radius 1 is 0.867 bits per heavy atom. The first-order valence-electron chi connectivity index (χ1n) is 17.4. The summed E-state index contributed by atoms with van der Waals surface area (Å²) in [4.78, 5) is 26.0. The van der Waals surface area contributed by atoms with Crippen LogP contribution in [0.4, 0.5) is 0 Å². The van der Waals surface area contributed by atoms with Gasteiger partial charge in [-0.3, -0.25) is 4.79 Å². The van der Waals surface area contributed by atoms with Crippen LogP contribution >= 0.6 is 0 Å². The van der Waals surface area contributed by atoms with E-state index in [9.17, 15) is 24.9 Å². The molecule has 6 heteroatoms. The van der Waals surface area contributed by atoms with Gasteiger partial charge in [0.15, 0.2) is 0 Å². The van der Waals surface area contributed by atoms with Gasteiger partial charge in [0.1, 0.15) is 17.6 Å². The van der Waals surface area contributed by atoms with E-state index in [2.05, 4.69) is 54.5 Å². The molecule has 6 nitrogen and oxygen atoms in total. The average Bonchev–Trinajstić information content (AvgIpc) is 2.95. The molecule has 4 fully saturated rings. The van der Waals surface area contributed by atoms with Crippen LogP contribution in [-0.2, 0) is 14.3 Å². The van der Waals surface area contributed by atoms with Crippen molar-refractivity contribution in [1.29, 1.82) is 0 Å². The number of allylic oxidation sites excluding steroid dienone is 2. The summed E-state index contributed by atoms with van der Waals surface area (Å²) in [7, 11) is 0. The first kappa shape index (κ1) is 32.2. The summed E-state index contributed by atoms with van der Waals surface area (Å²) in [5.41, 5.74) is 1.33. The second-order valence-corrected chi connectivity index (χ2v) is 17.0. The van der Waals surface area contributed by atoms with E-state index in [4.69, 9.17) is 4.74 Å². The maximum Gasteiger partial charge on any atom is 0.331 e. The molecule has 0 aliphatic heterocycles. The second kappa shape index (κ2) is 10.6. The van der Waals surface area contributed by atoms with Crippen LogP contribution in [0.25, 0.3) is 6.08 Å². The summed E-state index contributed by atoms with van der Waals surface area (Å²) >= 11 is 0. The Hall–Kier alpha value is -2.76. The Morgan fingerprint density at radius 2 is 1.56 bits per heavy atom. The quantitative estimate of drug-likeness (QED) is 0.177. The van der Waals surface area contributed by atoms with Crippen LogP contribution < -0.4 is 0 Å². The highest BCUT2D eigenvalue weighted by Crippen LogP contribution is 2.75. The van der Waals surface area contributed by atoms with Gasteiger partial charge in [-0.25, -0.2) is 4.79 Å². The average molecular weight is 619 g/mol. The van der Waals surface area contributed by atoms with Gasteiger partial charge in [0, 0.05) is 17.6 Å². The topological polar surface area (TPSA) is 104 Å². The highest BCUT2D eigenvalue weighted by molar-refractivity contribution is 5.87. The Morgan fingerprint density at radius 3 is 2.22 bits per heavy atom. The number of ether oxygens (including phenoxy) is 1. The molecule has 5 aliphatic carbocycles. The normalized spacial score (nSPS) is 43.7. The molecule has 10 atom stereocenters. The zero-order valence-corrected chi connectivity index (χ0v) is 28.4. The van der Waals surface area contributed by atoms with Gasteiger partial charge in [0.25, 0.3) is 0 Å². The van der Waals surface area contributed by atoms with E-state index in [1.54, 1.807) is 6.08 Å². The Kier molecular flexibility index (Phi) is 7.61. The molecule has 0 heterocycles. The molecule has 45 heavy (non-hydrogen) atoms. The minimum absolute atomic E-state index is 0.0165. The van der Waals surface area contributed by atoms with E-state index >= 15 is 0 Å². The molecule has 0 spiro atoms. The van der Waals surface area contributed by atoms with Crippen molar-refractivity contribution in [2.75, 3.05) is 0 Å². The molecule has 0 saturated heterocycles. The molecule has 0 bridgehead atoms. The van der Waals surface area contributed by atoms with E-state index in [1.165, 1.54) is 29.8 Å². The molecule has 5 aliphatic rings. The fourth-order valence-corrected chi connectivity index (χ4v) is 12.1. The number of phenols is 2. The first-order valence-corrected chi connectivity index (χ1v) is 17.4. The van der Waals surface area contributed by atoms with Gasteiger partial charge in [-0.05, 0) is 127 Å². The summed E-state index contributed by atoms with van der Waals surface area (Å²) < 4.78 is 6.15. The molecular weight excluding hydrogens is 564 g/mol. The van der Waals surface area contributed by atoms with Gasteiger partial charge in [0.2, 0.25) is 0 Å². The van der Waals surface area contributed by atoms with Crippen molar-refractivity contribution in [1.82, 2.24) is 0 Å². The number of aromatic hydroxyl groups is 2. The summed E-state index contributed by atoms with van der Waals surface area (Å²) in [5, 5.41) is 30.2. The molecule has 0 radical (unpaired) electrons. The predicted molar refractivity (Wildman–Crippen MR) is 175 cm³/mol. The van der Waals surface area contributed by atoms with Gasteiger partial charge in [0.05, 0.1) is 5.41 Å². The Balaban J connectivity index is 1.26. The van der Waals surface area contributed by atoms with Crippen molar-refractivity contribution in [3.63, 3.8) is 0 Å². The molecule has 0 aromatic heterocycles. The lowest BCUT2D eigenvalue weighted by molar-refractivity contribution is -0.213. The third-order valence-corrected chi connectivity index (χ3v) is 14.9. The van der Waals surface area contributed by atoms with Crippen molar-refractivity contribution in [3.8, 4) is 11.5 Å². The number of carboxylic acids is 1. The lowest BCUT2D eigenvalue weighted by Crippen LogP contribution is -2.65. The van der Waals surface area contributed by atoms with E-state index in [-0.39, 0.29) is 45.2 Å². The molecule has 0 amide bonds. The maximum absolute atomic E-state index is 13.0. The zero-order valence-electron chi connectivity index (χ0n) is 28.4. The Labute approximate surface area is 269 Å². The van der Waals surface area contributed by atoms with Crippen LogP contribution in [0.3, 0.4) is 0 Å². The van der Waals surface area contributed by atoms with Crippen molar-refractivity contribution < 1.29 is 29.6 Å². The van der Waals surface area contributed by atoms with E-state index in [0.29, 0.717) is 29.2 Å². The van der Waals surface area contributed by atoms with Crippen LogP contribution in [0.2, 0.25) is 0 Å². The molecule has 246 valence electrons. The van der Waals surface area contributed by atoms with Crippen molar-refractivity contribution in [2.45, 2.75) is 112 Å². The number of phenolic OH excluding ortho intramolecular Hbond substituents is 2. The number of aliphatic carboxylic acids is 1. The fraction of sp³-hybridized carbons (Fsp3) is 0.692. The largest absolute Gasteiger partial charge is 0.508 e. The predicted octanol–water partition coefficient (Wildman–Crippen LogP) is 8.77. The van der Waals surface area contributed by atoms with Crippen molar-refractivity contribution in [2.24, 2.45) is 56.7 Å². The number of esters is 1. The number of fused-ring (bicyclic) bond motifs is 7. The van der Waals surface area contributed by atoms with E-state index in [0.717, 1.165) is 57.8 Å². The standard InChI is InChI=1S/C39H54O6/c1-23-12-17-39(34(43)44)19-18-37(6)28(33(39)24(23)2)9-10-30-36(5)15-14-31(35(3,4)29(36)13-16-38(30,37)7)45-32(42)11-8-25-20-26(40)22-27(41)21-25/h8-9,11,20-24,29-31,33,40-41H,10,12-19H2,1-7H3,(H,43,44). The van der Waals surface area contributed by atoms with Gasteiger partial charge in [-0.2, -0.15) is 0 Å². The number of carbonyl (C=O) groups is 2. The number of hydrogen-bond acceptors (Lipinski definition) is 5. The van der Waals surface area contributed by atoms with Crippen LogP contribution in [-0.4, -0.2) is 33.4 Å². The van der Waals surface area contributed by atoms with Gasteiger partial charge >= 0.3 is 11.9 Å². The highest BCUT2D eigenvalue weighted by Gasteiger charge is 2.69. The number of carbonyl (C=O) groups excluding carboxylic acids is 1. The van der Waals surface area contributed by atoms with Gasteiger partial charge < -0.3 is 20.1 Å². The molecule has 10 unspecified atom stereocenters. The lowest BCUT2D eigenvalue weighted by Gasteiger charge is -2.71. The number of rotatable bonds is 4. The minimum Gasteiger partial charge on any atom is -0.508 e. The smallest absolute Gasteiger partial charge is 0.331 e. The van der Waals surface area contributed by atoms with Crippen LogP contribution in [0.1, 0.15) is 112 Å². The van der Waals surface area contributed by atoms with E-state index < -0.39 is 17.4 Å². The Bertz CT molecular complexity index is 1420. The highest BCUT2D eigenvalue weighted by atomic mass is 16.5. The second-order valence-electron chi connectivity index (χ2n) is 17.0. The van der Waals surface area contributed by atoms with Gasteiger partial charge in [-0.15, -0.1) is 0 Å². The lowest BCUT2D eigenvalue weighted by atomic mass is 9.33. The monoisotopic (exact) mass is 618 g/mol. The maximum atomic E-state index is 13.0. The summed E-state index contributed by atoms with van der Waals surface area (Å²) in [6, 6.07) is 4.24. The third kappa shape index (κ3) is 4.62. The van der Waals surface area contributed by atoms with Crippen molar-refractivity contribution in [3.05, 3.63) is 41.5 Å². The van der Waals surface area contributed by atoms with Crippen LogP contribution in [0, 0.1) is 56.7 Å². The molecule has 1 aromatic rings. The third-order valence-electron chi connectivity index (χ3n) is 14.9. The van der Waals surface area contributed by atoms with Gasteiger partial charge in [-0.1, -0.05) is 60.1 Å². The number of carboxylic acid groups (broad SMARTS) is 1. The molecule has 6 rings (SSSR count). The summed E-state index contributed by atoms with van der Waals surface area (Å²) in [6.07, 6.45) is 13.8. The fourth-order valence-electron chi connectivity index (χ4n) is 12.1. The van der Waals surface area contributed by atoms with Crippen LogP contribution in [0.15, 0.2) is 35.9 Å². The first-order chi connectivity index (χ1) is 21.0. The van der Waals surface area contributed by atoms with Crippen LogP contribution in [0.5, 0.6) is 11.5 Å². The number of hydrogen-bond donors (Lipinski definition) is 3. The van der Waals surface area contributed by atoms with Crippen molar-refractivity contribution >= 4 is 18.0 Å². The molecule has 1 aromatic carbocycles. The summed E-state index contributed by atoms with van der Waals surface area (Å²) in [6.45, 7) is 16.7. The minimum atomic E-state index is -0.624. The molecule has 3 N–H and O–H groups in total. The van der Waals surface area contributed by atoms with E-state index in [1.807, 2.05) is 0 Å². The molecule has 4 saturated carbocycles. The molecular formula is C39H54O6. The summed E-state index contributed by atoms with van der Waals surface area (Å²) in [5.74, 6) is 0.792. The zero-order chi connectivity index (χ0) is 32.7.